The summed E-state index contributed by atoms with van der Waals surface area (Å²) >= 11 is 3.43. The maximum absolute atomic E-state index is 12.8. The van der Waals surface area contributed by atoms with Gasteiger partial charge in [-0.3, -0.25) is 0 Å². The van der Waals surface area contributed by atoms with Gasteiger partial charge in [-0.2, -0.15) is 4.31 Å². The predicted molar refractivity (Wildman–Crippen MR) is 92.2 cm³/mol. The molecule has 1 aliphatic rings. The molecule has 2 aromatic rings. The highest BCUT2D eigenvalue weighted by Gasteiger charge is 2.38. The highest BCUT2D eigenvalue weighted by Crippen LogP contribution is 2.33. The van der Waals surface area contributed by atoms with Crippen molar-refractivity contribution >= 4 is 36.7 Å². The molecule has 0 amide bonds. The molecule has 0 radical (unpaired) electrons. The van der Waals surface area contributed by atoms with Crippen molar-refractivity contribution in [2.75, 3.05) is 19.6 Å². The Balaban J connectivity index is 1.97. The standard InChI is InChI=1S/C16H19BrN2O2S/c1-16(10-18)6-7-19(11-16)22(20,21)15-5-3-12-8-14(17)4-2-13(12)9-15/h2-5,8-9H,6-7,10-11,18H2,1H3. The Kier molecular flexibility index (Phi) is 4.05. The van der Waals surface area contributed by atoms with Gasteiger partial charge in [-0.15, -0.1) is 0 Å². The molecule has 4 nitrogen and oxygen atoms in total. The van der Waals surface area contributed by atoms with Gasteiger partial charge in [0.15, 0.2) is 0 Å². The van der Waals surface area contributed by atoms with Crippen LogP contribution in [0.3, 0.4) is 0 Å². The first-order valence-electron chi connectivity index (χ1n) is 7.24. The van der Waals surface area contributed by atoms with Crippen LogP contribution in [-0.2, 0) is 10.0 Å². The van der Waals surface area contributed by atoms with E-state index in [1.54, 1.807) is 16.4 Å². The fraction of sp³-hybridized carbons (Fsp3) is 0.375. The van der Waals surface area contributed by atoms with E-state index in [1.807, 2.05) is 31.2 Å². The van der Waals surface area contributed by atoms with Crippen molar-refractivity contribution < 1.29 is 8.42 Å². The monoisotopic (exact) mass is 382 g/mol. The van der Waals surface area contributed by atoms with Crippen LogP contribution >= 0.6 is 15.9 Å². The first kappa shape index (κ1) is 15.9. The van der Waals surface area contributed by atoms with Crippen molar-refractivity contribution in [2.45, 2.75) is 18.2 Å². The average Bonchev–Trinajstić information content (AvgIpc) is 2.90. The van der Waals surface area contributed by atoms with Crippen molar-refractivity contribution in [3.05, 3.63) is 40.9 Å². The maximum atomic E-state index is 12.8. The molecule has 1 fully saturated rings. The summed E-state index contributed by atoms with van der Waals surface area (Å²) in [6.45, 7) is 3.57. The molecule has 1 saturated heterocycles. The molecule has 2 aromatic carbocycles. The van der Waals surface area contributed by atoms with Gasteiger partial charge in [0.2, 0.25) is 10.0 Å². The van der Waals surface area contributed by atoms with E-state index in [1.165, 1.54) is 0 Å². The number of benzene rings is 2. The minimum Gasteiger partial charge on any atom is -0.330 e. The first-order chi connectivity index (χ1) is 10.3. The maximum Gasteiger partial charge on any atom is 0.243 e. The van der Waals surface area contributed by atoms with Crippen molar-refractivity contribution in [3.63, 3.8) is 0 Å². The van der Waals surface area contributed by atoms with E-state index < -0.39 is 10.0 Å². The van der Waals surface area contributed by atoms with E-state index in [4.69, 9.17) is 5.73 Å². The largest absolute Gasteiger partial charge is 0.330 e. The van der Waals surface area contributed by atoms with E-state index in [0.29, 0.717) is 24.5 Å². The SMILES string of the molecule is CC1(CN)CCN(S(=O)(=O)c2ccc3cc(Br)ccc3c2)C1. The number of fused-ring (bicyclic) bond motifs is 1. The highest BCUT2D eigenvalue weighted by molar-refractivity contribution is 9.10. The third-order valence-electron chi connectivity index (χ3n) is 4.43. The zero-order chi connectivity index (χ0) is 16.0. The van der Waals surface area contributed by atoms with E-state index >= 15 is 0 Å². The molecule has 6 heteroatoms. The fourth-order valence-corrected chi connectivity index (χ4v) is 4.86. The van der Waals surface area contributed by atoms with Crippen molar-refractivity contribution in [3.8, 4) is 0 Å². The van der Waals surface area contributed by atoms with Crippen LogP contribution in [0, 0.1) is 5.41 Å². The van der Waals surface area contributed by atoms with E-state index in [2.05, 4.69) is 15.9 Å². The van der Waals surface area contributed by atoms with Crippen LogP contribution in [0.15, 0.2) is 45.8 Å². The first-order valence-corrected chi connectivity index (χ1v) is 9.47. The molecule has 118 valence electrons. The van der Waals surface area contributed by atoms with Gasteiger partial charge in [-0.1, -0.05) is 35.0 Å². The topological polar surface area (TPSA) is 63.4 Å². The van der Waals surface area contributed by atoms with Crippen LogP contribution in [0.4, 0.5) is 0 Å². The van der Waals surface area contributed by atoms with Crippen LogP contribution < -0.4 is 5.73 Å². The summed E-state index contributed by atoms with van der Waals surface area (Å²) in [5.74, 6) is 0. The third-order valence-corrected chi connectivity index (χ3v) is 6.76. The number of halogens is 1. The zero-order valence-corrected chi connectivity index (χ0v) is 14.8. The quantitative estimate of drug-likeness (QED) is 0.887. The molecule has 1 unspecified atom stereocenters. The Morgan fingerprint density at radius 2 is 1.91 bits per heavy atom. The average molecular weight is 383 g/mol. The van der Waals surface area contributed by atoms with Crippen LogP contribution in [0.5, 0.6) is 0 Å². The molecule has 22 heavy (non-hydrogen) atoms. The lowest BCUT2D eigenvalue weighted by molar-refractivity contribution is 0.349. The minimum absolute atomic E-state index is 0.116. The number of nitrogens with two attached hydrogens (primary N) is 1. The molecule has 3 rings (SSSR count). The van der Waals surface area contributed by atoms with Gasteiger partial charge >= 0.3 is 0 Å². The number of hydrogen-bond donors (Lipinski definition) is 1. The molecule has 0 spiro atoms. The number of nitrogens with zero attached hydrogens (tertiary/aromatic N) is 1. The summed E-state index contributed by atoms with van der Waals surface area (Å²) in [6.07, 6.45) is 0.809. The Labute approximate surface area is 139 Å². The van der Waals surface area contributed by atoms with Crippen molar-refractivity contribution in [1.82, 2.24) is 4.31 Å². The second-order valence-corrected chi connectivity index (χ2v) is 9.11. The van der Waals surface area contributed by atoms with Gasteiger partial charge in [0.05, 0.1) is 4.90 Å². The summed E-state index contributed by atoms with van der Waals surface area (Å²) in [7, 11) is -3.46. The summed E-state index contributed by atoms with van der Waals surface area (Å²) in [5, 5.41) is 1.94. The Bertz CT molecular complexity index is 822. The molecule has 2 N–H and O–H groups in total. The molecule has 1 aliphatic heterocycles. The number of sulfonamides is 1. The van der Waals surface area contributed by atoms with Crippen molar-refractivity contribution in [1.29, 1.82) is 0 Å². The second kappa shape index (κ2) is 5.60. The lowest BCUT2D eigenvalue weighted by atomic mass is 9.90. The molecule has 0 saturated carbocycles. The summed E-state index contributed by atoms with van der Waals surface area (Å²) < 4.78 is 28.2. The fourth-order valence-electron chi connectivity index (χ4n) is 2.85. The highest BCUT2D eigenvalue weighted by atomic mass is 79.9. The third kappa shape index (κ3) is 2.80. The molecule has 0 aromatic heterocycles. The second-order valence-electron chi connectivity index (χ2n) is 6.26. The summed E-state index contributed by atoms with van der Waals surface area (Å²) in [6, 6.07) is 11.1. The van der Waals surface area contributed by atoms with Crippen LogP contribution in [0.2, 0.25) is 0 Å². The van der Waals surface area contributed by atoms with Crippen LogP contribution in [-0.4, -0.2) is 32.4 Å². The van der Waals surface area contributed by atoms with Gasteiger partial charge in [0, 0.05) is 17.6 Å². The molecule has 1 heterocycles. The molecular formula is C16H19BrN2O2S. The smallest absolute Gasteiger partial charge is 0.243 e. The lowest BCUT2D eigenvalue weighted by Crippen LogP contribution is -2.34. The van der Waals surface area contributed by atoms with Crippen LogP contribution in [0.25, 0.3) is 10.8 Å². The molecular weight excluding hydrogens is 364 g/mol. The Morgan fingerprint density at radius 3 is 2.59 bits per heavy atom. The van der Waals surface area contributed by atoms with E-state index in [-0.39, 0.29) is 5.41 Å². The predicted octanol–water partition coefficient (Wildman–Crippen LogP) is 2.96. The normalized spacial score (nSPS) is 23.2. The number of hydrogen-bond acceptors (Lipinski definition) is 3. The van der Waals surface area contributed by atoms with Crippen molar-refractivity contribution in [2.24, 2.45) is 11.1 Å². The zero-order valence-electron chi connectivity index (χ0n) is 12.4. The van der Waals surface area contributed by atoms with Gasteiger partial charge in [-0.05, 0) is 53.4 Å². The van der Waals surface area contributed by atoms with Gasteiger partial charge in [0.1, 0.15) is 0 Å². The summed E-state index contributed by atoms with van der Waals surface area (Å²) in [5.41, 5.74) is 5.66. The van der Waals surface area contributed by atoms with E-state index in [0.717, 1.165) is 21.7 Å². The van der Waals surface area contributed by atoms with Gasteiger partial charge < -0.3 is 5.73 Å². The minimum atomic E-state index is -3.46. The van der Waals surface area contributed by atoms with E-state index in [9.17, 15) is 8.42 Å². The molecule has 0 bridgehead atoms. The summed E-state index contributed by atoms with van der Waals surface area (Å²) in [4.78, 5) is 0.351. The van der Waals surface area contributed by atoms with Crippen LogP contribution in [0.1, 0.15) is 13.3 Å². The molecule has 1 atom stereocenters. The lowest BCUT2D eigenvalue weighted by Gasteiger charge is -2.22. The van der Waals surface area contributed by atoms with Gasteiger partial charge in [-0.25, -0.2) is 8.42 Å². The Morgan fingerprint density at radius 1 is 1.23 bits per heavy atom. The van der Waals surface area contributed by atoms with Gasteiger partial charge in [0.25, 0.3) is 0 Å². The Hall–Kier alpha value is -0.950. The number of rotatable bonds is 3. The molecule has 0 aliphatic carbocycles.